The highest BCUT2D eigenvalue weighted by Gasteiger charge is 2.15. The maximum atomic E-state index is 12.5. The van der Waals surface area contributed by atoms with E-state index >= 15 is 0 Å². The van der Waals surface area contributed by atoms with Gasteiger partial charge in [0.15, 0.2) is 11.5 Å². The van der Waals surface area contributed by atoms with Crippen molar-refractivity contribution in [3.8, 4) is 11.9 Å². The first-order valence-electron chi connectivity index (χ1n) is 14.5. The minimum absolute atomic E-state index is 0.153. The van der Waals surface area contributed by atoms with E-state index in [1.165, 1.54) is 24.0 Å². The lowest BCUT2D eigenvalue weighted by Crippen LogP contribution is -2.22. The van der Waals surface area contributed by atoms with Gasteiger partial charge < -0.3 is 34.6 Å². The van der Waals surface area contributed by atoms with Crippen LogP contribution >= 0.6 is 0 Å². The zero-order chi connectivity index (χ0) is 30.7. The molecule has 3 N–H and O–H groups in total. The maximum absolute atomic E-state index is 12.5. The molecule has 0 radical (unpaired) electrons. The second-order valence-corrected chi connectivity index (χ2v) is 10.3. The average Bonchev–Trinajstić information content (AvgIpc) is 3.27. The van der Waals surface area contributed by atoms with Crippen LogP contribution in [0.25, 0.3) is 11.2 Å². The molecule has 0 saturated heterocycles. The molecule has 0 saturated carbocycles. The number of carbonyl (C=O) groups is 1. The summed E-state index contributed by atoms with van der Waals surface area (Å²) in [7, 11) is 7.84. The Labute approximate surface area is 248 Å². The van der Waals surface area contributed by atoms with E-state index in [0.717, 1.165) is 50.7 Å². The van der Waals surface area contributed by atoms with Gasteiger partial charge in [0, 0.05) is 26.0 Å². The highest BCUT2D eigenvalue weighted by molar-refractivity contribution is 5.81. The van der Waals surface area contributed by atoms with Gasteiger partial charge in [-0.05, 0) is 71.9 Å². The summed E-state index contributed by atoms with van der Waals surface area (Å²) in [6.45, 7) is 6.70. The first-order chi connectivity index (χ1) is 20.3. The largest absolute Gasteiger partial charge is 0.478 e. The van der Waals surface area contributed by atoms with E-state index in [4.69, 9.17) is 19.9 Å². The number of imidazole rings is 1. The fourth-order valence-corrected chi connectivity index (χ4v) is 3.88. The lowest BCUT2D eigenvalue weighted by atomic mass is 10.3. The van der Waals surface area contributed by atoms with Crippen molar-refractivity contribution in [3.63, 3.8) is 0 Å². The van der Waals surface area contributed by atoms with E-state index in [2.05, 4.69) is 45.9 Å². The lowest BCUT2D eigenvalue weighted by Gasteiger charge is -2.12. The number of hydrogen-bond acceptors (Lipinski definition) is 11. The number of likely N-dealkylation sites (N-methyl/N-ethyl adjacent to an activating group) is 1. The molecule has 13 heteroatoms. The van der Waals surface area contributed by atoms with Crippen molar-refractivity contribution in [3.05, 3.63) is 34.4 Å². The number of H-pyrrole nitrogens is 1. The number of ether oxygens (including phenoxy) is 3. The molecule has 0 atom stereocenters. The molecule has 0 aliphatic carbocycles. The highest BCUT2D eigenvalue weighted by Crippen LogP contribution is 2.19. The first kappa shape index (κ1) is 34.7. The van der Waals surface area contributed by atoms with Gasteiger partial charge in [-0.1, -0.05) is 19.4 Å². The average molecular weight is 589 g/mol. The molecular formula is C29H48N8O5. The van der Waals surface area contributed by atoms with Crippen molar-refractivity contribution < 1.29 is 19.0 Å². The number of unbranched alkanes of at least 4 members (excludes halogenated alkanes) is 3. The summed E-state index contributed by atoms with van der Waals surface area (Å²) in [4.78, 5) is 42.7. The molecule has 0 unspecified atom stereocenters. The fourth-order valence-electron chi connectivity index (χ4n) is 3.88. The molecule has 3 rings (SSSR count). The van der Waals surface area contributed by atoms with Gasteiger partial charge in [-0.2, -0.15) is 9.97 Å². The minimum atomic E-state index is -0.336. The van der Waals surface area contributed by atoms with E-state index in [9.17, 15) is 9.59 Å². The van der Waals surface area contributed by atoms with Gasteiger partial charge in [0.25, 0.3) is 0 Å². The van der Waals surface area contributed by atoms with E-state index in [0.29, 0.717) is 36.8 Å². The van der Waals surface area contributed by atoms with Gasteiger partial charge in [0.2, 0.25) is 5.88 Å². The third kappa shape index (κ3) is 12.5. The number of fused-ring (bicyclic) bond motifs is 1. The van der Waals surface area contributed by atoms with Crippen LogP contribution in [0, 0.1) is 0 Å². The number of aromatic nitrogens is 5. The Morgan fingerprint density at radius 1 is 1.00 bits per heavy atom. The quantitative estimate of drug-likeness (QED) is 0.157. The normalized spacial score (nSPS) is 11.1. The predicted molar refractivity (Wildman–Crippen MR) is 164 cm³/mol. The number of methoxy groups -OCH3 is 1. The zero-order valence-corrected chi connectivity index (χ0v) is 25.8. The van der Waals surface area contributed by atoms with Crippen LogP contribution in [0.2, 0.25) is 0 Å². The Bertz CT molecular complexity index is 1230. The van der Waals surface area contributed by atoms with Crippen LogP contribution in [0.4, 0.5) is 5.82 Å². The number of carbonyl (C=O) groups excluding carboxylic acids is 1. The molecule has 0 aliphatic rings. The molecule has 0 aliphatic heterocycles. The molecule has 0 aromatic carbocycles. The second-order valence-electron chi connectivity index (χ2n) is 10.3. The summed E-state index contributed by atoms with van der Waals surface area (Å²) >= 11 is 0. The number of hydrogen-bond donors (Lipinski definition) is 2. The standard InChI is InChI=1S/C22H31N7O4.C7H17NO/c1-3-4-12-33-21-26-19(23)18-20(27-21)29(22(31)25-18)15-16-7-8-17(24-14-16)32-13-6-5-9-28(2)10-11-30;1-8(2)6-4-5-7-9-3/h7-8,11,14H,3-6,9-10,12-13,15H2,1-2H3,(H,25,31)(H2,23,26,27);4-7H2,1-3H3. The second kappa shape index (κ2) is 19.5. The number of aromatic amines is 1. The van der Waals surface area contributed by atoms with Crippen LogP contribution in [0.5, 0.6) is 11.9 Å². The van der Waals surface area contributed by atoms with Crippen molar-refractivity contribution in [2.75, 3.05) is 73.4 Å². The number of nitrogens with one attached hydrogen (secondary N) is 1. The van der Waals surface area contributed by atoms with Crippen molar-refractivity contribution in [1.82, 2.24) is 34.3 Å². The Hall–Kier alpha value is -3.55. The highest BCUT2D eigenvalue weighted by atomic mass is 16.5. The Morgan fingerprint density at radius 2 is 1.74 bits per heavy atom. The molecule has 234 valence electrons. The third-order valence-electron chi connectivity index (χ3n) is 6.27. The summed E-state index contributed by atoms with van der Waals surface area (Å²) < 4.78 is 17.6. The Balaban J connectivity index is 0.000000592. The molecule has 0 fully saturated rings. The smallest absolute Gasteiger partial charge is 0.328 e. The summed E-state index contributed by atoms with van der Waals surface area (Å²) in [6.07, 6.45) is 8.63. The van der Waals surface area contributed by atoms with Crippen LogP contribution in [0.3, 0.4) is 0 Å². The Kier molecular flexibility index (Phi) is 16.1. The number of aldehydes is 1. The fraction of sp³-hybridized carbons (Fsp3) is 0.621. The monoisotopic (exact) mass is 588 g/mol. The van der Waals surface area contributed by atoms with Gasteiger partial charge in [0.1, 0.15) is 11.8 Å². The lowest BCUT2D eigenvalue weighted by molar-refractivity contribution is -0.108. The minimum Gasteiger partial charge on any atom is -0.478 e. The van der Waals surface area contributed by atoms with Gasteiger partial charge in [0.05, 0.1) is 26.3 Å². The molecule has 42 heavy (non-hydrogen) atoms. The van der Waals surface area contributed by atoms with Gasteiger partial charge in [-0.25, -0.2) is 9.78 Å². The van der Waals surface area contributed by atoms with Crippen molar-refractivity contribution in [1.29, 1.82) is 0 Å². The molecule has 3 aromatic heterocycles. The molecule has 0 bridgehead atoms. The summed E-state index contributed by atoms with van der Waals surface area (Å²) in [6, 6.07) is 3.78. The van der Waals surface area contributed by atoms with Gasteiger partial charge >= 0.3 is 11.7 Å². The number of rotatable bonds is 19. The zero-order valence-electron chi connectivity index (χ0n) is 25.8. The van der Waals surface area contributed by atoms with E-state index in [1.807, 2.05) is 18.0 Å². The molecule has 0 spiro atoms. The van der Waals surface area contributed by atoms with Gasteiger partial charge in [-0.3, -0.25) is 9.47 Å². The van der Waals surface area contributed by atoms with Crippen LogP contribution in [0.1, 0.15) is 51.0 Å². The number of nitrogen functional groups attached to an aromatic ring is 1. The number of anilines is 1. The topological polar surface area (TPSA) is 154 Å². The van der Waals surface area contributed by atoms with Crippen molar-refractivity contribution >= 4 is 23.3 Å². The molecule has 13 nitrogen and oxygen atoms in total. The van der Waals surface area contributed by atoms with Gasteiger partial charge in [-0.15, -0.1) is 0 Å². The third-order valence-corrected chi connectivity index (χ3v) is 6.27. The summed E-state index contributed by atoms with van der Waals surface area (Å²) in [5.74, 6) is 0.686. The van der Waals surface area contributed by atoms with E-state index in [-0.39, 0.29) is 24.1 Å². The number of nitrogens with zero attached hydrogens (tertiary/aromatic N) is 6. The SMILES string of the molecule is CCCCOc1nc(N)c2[nH]c(=O)n(Cc3ccc(OCCCCN(C)CC=O)nc3)c2n1.COCCCCN(C)C. The number of nitrogens with two attached hydrogens (primary N) is 1. The maximum Gasteiger partial charge on any atom is 0.328 e. The van der Waals surface area contributed by atoms with E-state index < -0.39 is 0 Å². The van der Waals surface area contributed by atoms with Crippen LogP contribution in [-0.2, 0) is 16.1 Å². The molecule has 3 aromatic rings. The van der Waals surface area contributed by atoms with E-state index in [1.54, 1.807) is 19.4 Å². The predicted octanol–water partition coefficient (Wildman–Crippen LogP) is 2.59. The van der Waals surface area contributed by atoms with Crippen LogP contribution in [0.15, 0.2) is 23.1 Å². The molecule has 3 heterocycles. The summed E-state index contributed by atoms with van der Waals surface area (Å²) in [5.41, 5.74) is 7.24. The molecule has 0 amide bonds. The number of pyridine rings is 1. The Morgan fingerprint density at radius 3 is 2.40 bits per heavy atom. The van der Waals surface area contributed by atoms with Crippen LogP contribution < -0.4 is 20.9 Å². The van der Waals surface area contributed by atoms with Crippen molar-refractivity contribution in [2.45, 2.75) is 52.0 Å². The summed E-state index contributed by atoms with van der Waals surface area (Å²) in [5, 5.41) is 0. The van der Waals surface area contributed by atoms with Crippen molar-refractivity contribution in [2.24, 2.45) is 0 Å². The molecular weight excluding hydrogens is 540 g/mol. The first-order valence-corrected chi connectivity index (χ1v) is 14.5. The van der Waals surface area contributed by atoms with Crippen LogP contribution in [-0.4, -0.2) is 108 Å².